The Labute approximate surface area is 274 Å². The number of esters is 1. The number of fused-ring (bicyclic) bond motifs is 5. The molecule has 0 spiro atoms. The minimum Gasteiger partial charge on any atom is -0.467 e. The molecule has 1 aliphatic heterocycles. The number of amides is 1. The second kappa shape index (κ2) is 16.3. The summed E-state index contributed by atoms with van der Waals surface area (Å²) in [5, 5.41) is 11.0. The summed E-state index contributed by atoms with van der Waals surface area (Å²) >= 11 is 0. The van der Waals surface area contributed by atoms with Crippen LogP contribution in [0.25, 0.3) is 0 Å². The van der Waals surface area contributed by atoms with Gasteiger partial charge in [0.05, 0.1) is 7.11 Å². The quantitative estimate of drug-likeness (QED) is 0.143. The minimum atomic E-state index is -0.361. The number of likely N-dealkylation sites (tertiary alicyclic amines) is 1. The lowest BCUT2D eigenvalue weighted by atomic mass is 9.44. The maximum Gasteiger partial charge on any atom is 0.328 e. The largest absolute Gasteiger partial charge is 0.467 e. The van der Waals surface area contributed by atoms with E-state index in [2.05, 4.69) is 29.8 Å². The van der Waals surface area contributed by atoms with Crippen LogP contribution in [0.3, 0.4) is 0 Å². The molecule has 0 aromatic heterocycles. The Morgan fingerprint density at radius 1 is 0.844 bits per heavy atom. The van der Waals surface area contributed by atoms with Crippen molar-refractivity contribution in [2.75, 3.05) is 52.9 Å². The van der Waals surface area contributed by atoms with Crippen molar-refractivity contribution >= 4 is 11.9 Å². The van der Waals surface area contributed by atoms with E-state index in [0.29, 0.717) is 29.8 Å². The molecule has 1 saturated heterocycles. The van der Waals surface area contributed by atoms with E-state index in [1.165, 1.54) is 77.7 Å². The predicted molar refractivity (Wildman–Crippen MR) is 182 cm³/mol. The van der Waals surface area contributed by atoms with Crippen molar-refractivity contribution in [3.63, 3.8) is 0 Å². The molecule has 5 N–H and O–H groups in total. The molecule has 5 aliphatic rings. The van der Waals surface area contributed by atoms with E-state index in [9.17, 15) is 9.59 Å². The summed E-state index contributed by atoms with van der Waals surface area (Å²) in [6.07, 6.45) is 19.2. The Morgan fingerprint density at radius 2 is 1.60 bits per heavy atom. The number of hydrogen-bond donors (Lipinski definition) is 4. The normalized spacial score (nSPS) is 37.6. The number of carbonyl (C=O) groups excluding carboxylic acids is 2. The van der Waals surface area contributed by atoms with Gasteiger partial charge in [0.15, 0.2) is 0 Å². The topological polar surface area (TPSA) is 109 Å². The van der Waals surface area contributed by atoms with E-state index in [1.807, 2.05) is 0 Å². The molecule has 8 heteroatoms. The van der Waals surface area contributed by atoms with Crippen molar-refractivity contribution in [1.82, 2.24) is 20.9 Å². The molecule has 5 fully saturated rings. The van der Waals surface area contributed by atoms with Crippen LogP contribution in [0, 0.1) is 40.4 Å². The second-order valence-corrected chi connectivity index (χ2v) is 16.1. The number of rotatable bonds is 16. The van der Waals surface area contributed by atoms with E-state index in [1.54, 1.807) is 4.90 Å². The van der Waals surface area contributed by atoms with Crippen molar-refractivity contribution < 1.29 is 14.3 Å². The van der Waals surface area contributed by atoms with Crippen LogP contribution in [0.5, 0.6) is 0 Å². The van der Waals surface area contributed by atoms with Gasteiger partial charge in [0.2, 0.25) is 5.91 Å². The maximum atomic E-state index is 13.0. The highest BCUT2D eigenvalue weighted by molar-refractivity contribution is 5.85. The van der Waals surface area contributed by atoms with E-state index >= 15 is 0 Å². The van der Waals surface area contributed by atoms with Crippen molar-refractivity contribution in [1.29, 1.82) is 0 Å². The summed E-state index contributed by atoms with van der Waals surface area (Å²) in [6.45, 7) is 12.1. The molecule has 9 unspecified atom stereocenters. The fourth-order valence-corrected chi connectivity index (χ4v) is 11.3. The number of nitrogens with zero attached hydrogens (tertiary/aromatic N) is 1. The Morgan fingerprint density at radius 3 is 2.38 bits per heavy atom. The zero-order valence-electron chi connectivity index (χ0n) is 29.1. The molecule has 1 heterocycles. The van der Waals surface area contributed by atoms with Crippen LogP contribution in [0.4, 0.5) is 0 Å². The van der Waals surface area contributed by atoms with E-state index in [4.69, 9.17) is 10.5 Å². The minimum absolute atomic E-state index is 0.154. The van der Waals surface area contributed by atoms with Gasteiger partial charge in [-0.15, -0.1) is 0 Å². The van der Waals surface area contributed by atoms with Crippen molar-refractivity contribution in [2.24, 2.45) is 46.2 Å². The number of carbonyl (C=O) groups is 2. The van der Waals surface area contributed by atoms with Gasteiger partial charge in [0, 0.05) is 32.1 Å². The summed E-state index contributed by atoms with van der Waals surface area (Å²) in [7, 11) is 1.43. The zero-order valence-corrected chi connectivity index (χ0v) is 29.1. The highest BCUT2D eigenvalue weighted by atomic mass is 16.5. The second-order valence-electron chi connectivity index (χ2n) is 16.1. The van der Waals surface area contributed by atoms with Gasteiger partial charge < -0.3 is 31.3 Å². The van der Waals surface area contributed by atoms with Crippen LogP contribution < -0.4 is 21.7 Å². The third kappa shape index (κ3) is 7.92. The van der Waals surface area contributed by atoms with Gasteiger partial charge in [-0.25, -0.2) is 4.79 Å². The van der Waals surface area contributed by atoms with Crippen LogP contribution in [0.2, 0.25) is 0 Å². The Balaban J connectivity index is 1.04. The third-order valence-electron chi connectivity index (χ3n) is 13.9. The van der Waals surface area contributed by atoms with Gasteiger partial charge in [-0.3, -0.25) is 4.79 Å². The molecule has 0 aromatic rings. The summed E-state index contributed by atoms with van der Waals surface area (Å²) in [4.78, 5) is 27.0. The lowest BCUT2D eigenvalue weighted by Gasteiger charge is -2.61. The fourth-order valence-electron chi connectivity index (χ4n) is 11.3. The molecule has 0 bridgehead atoms. The lowest BCUT2D eigenvalue weighted by Crippen LogP contribution is -2.55. The molecule has 9 atom stereocenters. The van der Waals surface area contributed by atoms with Gasteiger partial charge in [-0.05, 0) is 163 Å². The number of hydrogen-bond acceptors (Lipinski definition) is 7. The van der Waals surface area contributed by atoms with Gasteiger partial charge >= 0.3 is 5.97 Å². The maximum absolute atomic E-state index is 13.0. The number of nitrogens with one attached hydrogen (secondary N) is 3. The first-order valence-corrected chi connectivity index (χ1v) is 19.0. The molecular weight excluding hydrogens is 562 g/mol. The van der Waals surface area contributed by atoms with E-state index < -0.39 is 0 Å². The lowest BCUT2D eigenvalue weighted by molar-refractivity contribution is -0.151. The standard InChI is InChI=1S/C37H67N5O3/c1-36-18-16-32-30(31(36)14-12-27(36)8-4-10-34(43)42-25-5-9-33(42)35(44)45-3)13-11-28-26-29(15-17-37(28,32)2)41-22-7-21-40-24-23-39-20-6-19-38/h27-33,39-41H,4-26,38H2,1-3H3. The van der Waals surface area contributed by atoms with Gasteiger partial charge in [0.1, 0.15) is 6.04 Å². The van der Waals surface area contributed by atoms with Gasteiger partial charge in [0.25, 0.3) is 0 Å². The zero-order chi connectivity index (χ0) is 31.9. The first kappa shape index (κ1) is 35.1. The van der Waals surface area contributed by atoms with E-state index in [-0.39, 0.29) is 17.9 Å². The molecular formula is C37H67N5O3. The summed E-state index contributed by atoms with van der Waals surface area (Å²) in [5.41, 5.74) is 6.52. The monoisotopic (exact) mass is 630 g/mol. The Hall–Kier alpha value is -1.22. The van der Waals surface area contributed by atoms with Crippen molar-refractivity contribution in [3.05, 3.63) is 0 Å². The van der Waals surface area contributed by atoms with Crippen LogP contribution in [0.15, 0.2) is 0 Å². The van der Waals surface area contributed by atoms with Crippen molar-refractivity contribution in [2.45, 2.75) is 129 Å². The molecule has 8 nitrogen and oxygen atoms in total. The van der Waals surface area contributed by atoms with Crippen molar-refractivity contribution in [3.8, 4) is 0 Å². The predicted octanol–water partition coefficient (Wildman–Crippen LogP) is 4.86. The van der Waals surface area contributed by atoms with Gasteiger partial charge in [-0.1, -0.05) is 13.8 Å². The van der Waals surface area contributed by atoms with Crippen LogP contribution >= 0.6 is 0 Å². The highest BCUT2D eigenvalue weighted by Crippen LogP contribution is 2.67. The first-order chi connectivity index (χ1) is 21.8. The van der Waals surface area contributed by atoms with Gasteiger partial charge in [-0.2, -0.15) is 0 Å². The SMILES string of the molecule is COC(=O)C1CCCN1C(=O)CCCC1CCC2C3CCC4CC(NCCCNCCNCCCN)CCC4(C)C3CCC12C. The number of ether oxygens (including phenoxy) is 1. The fraction of sp³-hybridized carbons (Fsp3) is 0.946. The first-order valence-electron chi connectivity index (χ1n) is 19.0. The number of methoxy groups -OCH3 is 1. The summed E-state index contributed by atoms with van der Waals surface area (Å²) in [5.74, 6) is 4.22. The smallest absolute Gasteiger partial charge is 0.328 e. The Bertz CT molecular complexity index is 964. The number of nitrogens with two attached hydrogens (primary N) is 1. The molecule has 4 saturated carbocycles. The van der Waals surface area contributed by atoms with Crippen LogP contribution in [-0.2, 0) is 14.3 Å². The molecule has 45 heavy (non-hydrogen) atoms. The molecule has 1 amide bonds. The summed E-state index contributed by atoms with van der Waals surface area (Å²) in [6, 6.07) is 0.342. The molecule has 0 radical (unpaired) electrons. The molecule has 258 valence electrons. The van der Waals surface area contributed by atoms with Crippen LogP contribution in [0.1, 0.15) is 117 Å². The van der Waals surface area contributed by atoms with Crippen LogP contribution in [-0.4, -0.2) is 81.8 Å². The highest BCUT2D eigenvalue weighted by Gasteiger charge is 2.59. The Kier molecular flexibility index (Phi) is 12.7. The molecule has 5 rings (SSSR count). The summed E-state index contributed by atoms with van der Waals surface area (Å²) < 4.78 is 4.96. The van der Waals surface area contributed by atoms with E-state index in [0.717, 1.165) is 94.5 Å². The average Bonchev–Trinajstić information content (AvgIpc) is 3.66. The third-order valence-corrected chi connectivity index (χ3v) is 13.9. The molecule has 0 aromatic carbocycles. The average molecular weight is 630 g/mol. The molecule has 4 aliphatic carbocycles.